The summed E-state index contributed by atoms with van der Waals surface area (Å²) in [5.41, 5.74) is 4.81. The van der Waals surface area contributed by atoms with Crippen LogP contribution in [0.15, 0.2) is 71.3 Å². The van der Waals surface area contributed by atoms with Crippen molar-refractivity contribution in [3.8, 4) is 27.7 Å². The van der Waals surface area contributed by atoms with Crippen molar-refractivity contribution in [1.29, 1.82) is 0 Å². The number of hydrogen-bond donors (Lipinski definition) is 1. The minimum Gasteiger partial charge on any atom is -0.489 e. The molecule has 3 aromatic carbocycles. The number of hydrogen-bond acceptors (Lipinski definition) is 5. The summed E-state index contributed by atoms with van der Waals surface area (Å²) in [6.07, 6.45) is 7.46. The molecule has 0 bridgehead atoms. The molecule has 0 unspecified atom stereocenters. The molecule has 0 radical (unpaired) electrons. The smallest absolute Gasteiger partial charge is 0.337 e. The number of benzene rings is 3. The second-order valence-electron chi connectivity index (χ2n) is 9.97. The molecule has 0 amide bonds. The van der Waals surface area contributed by atoms with Gasteiger partial charge in [-0.3, -0.25) is 0 Å². The third-order valence-corrected chi connectivity index (χ3v) is 9.04. The van der Waals surface area contributed by atoms with E-state index in [9.17, 15) is 9.90 Å². The fraction of sp³-hybridized carbons (Fsp3) is 0.258. The van der Waals surface area contributed by atoms with E-state index in [0.717, 1.165) is 68.9 Å². The maximum absolute atomic E-state index is 12.1. The predicted molar refractivity (Wildman–Crippen MR) is 166 cm³/mol. The van der Waals surface area contributed by atoms with Crippen LogP contribution in [0.3, 0.4) is 0 Å². The van der Waals surface area contributed by atoms with Crippen LogP contribution in [0.1, 0.15) is 58.9 Å². The average Bonchev–Trinajstić information content (AvgIpc) is 3.57. The Morgan fingerprint density at radius 3 is 2.52 bits per heavy atom. The van der Waals surface area contributed by atoms with Crippen molar-refractivity contribution in [1.82, 2.24) is 14.5 Å². The van der Waals surface area contributed by atoms with Crippen molar-refractivity contribution in [3.05, 3.63) is 87.3 Å². The summed E-state index contributed by atoms with van der Waals surface area (Å²) in [6, 6.07) is 19.7. The van der Waals surface area contributed by atoms with Gasteiger partial charge >= 0.3 is 5.97 Å². The summed E-state index contributed by atoms with van der Waals surface area (Å²) in [7, 11) is 0. The normalized spacial score (nSPS) is 13.8. The summed E-state index contributed by atoms with van der Waals surface area (Å²) in [4.78, 5) is 22.7. The fourth-order valence-corrected chi connectivity index (χ4v) is 6.51. The molecule has 1 saturated carbocycles. The van der Waals surface area contributed by atoms with Crippen LogP contribution in [0.25, 0.3) is 33.0 Å². The largest absolute Gasteiger partial charge is 0.489 e. The highest BCUT2D eigenvalue weighted by Crippen LogP contribution is 2.37. The summed E-state index contributed by atoms with van der Waals surface area (Å²) in [5, 5.41) is 10.9. The Balaban J connectivity index is 0.00000323. The number of ether oxygens (including phenoxy) is 1. The van der Waals surface area contributed by atoms with Gasteiger partial charge in [-0.2, -0.15) is 0 Å². The maximum atomic E-state index is 12.1. The summed E-state index contributed by atoms with van der Waals surface area (Å²) >= 11 is 5.33. The van der Waals surface area contributed by atoms with Gasteiger partial charge < -0.3 is 14.4 Å². The van der Waals surface area contributed by atoms with Gasteiger partial charge in [0.05, 0.1) is 16.6 Å². The van der Waals surface area contributed by atoms with E-state index in [2.05, 4.69) is 44.5 Å². The first kappa shape index (κ1) is 28.3. The lowest BCUT2D eigenvalue weighted by Gasteiger charge is -2.26. The molecule has 1 aliphatic rings. The van der Waals surface area contributed by atoms with Gasteiger partial charge in [0.25, 0.3) is 0 Å². The van der Waals surface area contributed by atoms with Crippen molar-refractivity contribution in [2.75, 3.05) is 0 Å². The maximum Gasteiger partial charge on any atom is 0.337 e. The summed E-state index contributed by atoms with van der Waals surface area (Å²) in [5.74, 6) is 0.645. The molecule has 1 N–H and O–H groups in total. The number of aromatic nitrogens is 3. The molecule has 0 spiro atoms. The van der Waals surface area contributed by atoms with Crippen molar-refractivity contribution >= 4 is 56.7 Å². The first-order chi connectivity index (χ1) is 19.0. The number of fused-ring (bicyclic) bond motifs is 1. The van der Waals surface area contributed by atoms with Gasteiger partial charge in [-0.1, -0.05) is 47.3 Å². The van der Waals surface area contributed by atoms with Crippen LogP contribution in [0.4, 0.5) is 0 Å². The molecule has 206 valence electrons. The lowest BCUT2D eigenvalue weighted by molar-refractivity contribution is 0.0698. The minimum absolute atomic E-state index is 0. The van der Waals surface area contributed by atoms with Crippen LogP contribution in [0.5, 0.6) is 5.75 Å². The van der Waals surface area contributed by atoms with Crippen LogP contribution >= 0.6 is 39.7 Å². The lowest BCUT2D eigenvalue weighted by atomic mass is 9.94. The van der Waals surface area contributed by atoms with Crippen LogP contribution < -0.4 is 4.74 Å². The molecule has 9 heteroatoms. The number of carbonyl (C=O) groups is 1. The zero-order valence-corrected chi connectivity index (χ0v) is 25.2. The molecule has 6 rings (SSSR count). The van der Waals surface area contributed by atoms with E-state index in [1.54, 1.807) is 23.5 Å². The number of carboxylic acids is 1. The molecule has 1 fully saturated rings. The minimum atomic E-state index is -0.923. The van der Waals surface area contributed by atoms with Gasteiger partial charge in [-0.25, -0.2) is 14.8 Å². The number of imidazole rings is 1. The Hall–Kier alpha value is -3.20. The van der Waals surface area contributed by atoms with Crippen LogP contribution in [0, 0.1) is 6.92 Å². The third-order valence-electron chi connectivity index (χ3n) is 7.30. The number of nitrogens with zero attached hydrogens (tertiary/aromatic N) is 3. The Bertz CT molecular complexity index is 1660. The Morgan fingerprint density at radius 1 is 1.07 bits per heavy atom. The van der Waals surface area contributed by atoms with Crippen molar-refractivity contribution in [2.24, 2.45) is 0 Å². The molecule has 0 aliphatic heterocycles. The fourth-order valence-electron chi connectivity index (χ4n) is 5.39. The van der Waals surface area contributed by atoms with Crippen molar-refractivity contribution < 1.29 is 14.6 Å². The number of rotatable bonds is 7. The van der Waals surface area contributed by atoms with Gasteiger partial charge in [0.1, 0.15) is 23.2 Å². The van der Waals surface area contributed by atoms with Crippen LogP contribution in [-0.2, 0) is 6.61 Å². The van der Waals surface area contributed by atoms with Gasteiger partial charge in [0, 0.05) is 38.3 Å². The van der Waals surface area contributed by atoms with Gasteiger partial charge in [0.2, 0.25) is 0 Å². The second-order valence-corrected chi connectivity index (χ2v) is 12.1. The first-order valence-electron chi connectivity index (χ1n) is 13.2. The monoisotopic (exact) mass is 637 g/mol. The number of aromatic carboxylic acids is 1. The quantitative estimate of drug-likeness (QED) is 0.192. The van der Waals surface area contributed by atoms with E-state index in [0.29, 0.717) is 17.7 Å². The number of aryl methyl sites for hydroxylation is 1. The molecular weight excluding hydrogens is 610 g/mol. The highest BCUT2D eigenvalue weighted by Gasteiger charge is 2.25. The third kappa shape index (κ3) is 5.66. The standard InChI is InChI=1S/C31H28BrN3O3S.ClH/c1-19-17-33-30(39-19)21-12-15-26(32)22(16-21)18-38-24-13-10-20(11-14-24)29-34-27-9-5-8-25(31(36)37)28(27)35(29)23-6-3-2-4-7-23;/h5,8-17,23H,2-4,6-7,18H2,1H3,(H,36,37);1H. The highest BCUT2D eigenvalue weighted by atomic mass is 79.9. The Kier molecular flexibility index (Phi) is 8.59. The molecule has 5 aromatic rings. The molecule has 40 heavy (non-hydrogen) atoms. The van der Waals surface area contributed by atoms with E-state index in [4.69, 9.17) is 9.72 Å². The molecule has 2 heterocycles. The highest BCUT2D eigenvalue weighted by molar-refractivity contribution is 9.10. The summed E-state index contributed by atoms with van der Waals surface area (Å²) < 4.78 is 9.33. The SMILES string of the molecule is Cc1cnc(-c2ccc(Br)c(COc3ccc(-c4nc5cccc(C(=O)O)c5n4C4CCCCC4)cc3)c2)s1.Cl. The Morgan fingerprint density at radius 2 is 1.82 bits per heavy atom. The first-order valence-corrected chi connectivity index (χ1v) is 14.8. The molecule has 1 aliphatic carbocycles. The van der Waals surface area contributed by atoms with E-state index < -0.39 is 5.97 Å². The average molecular weight is 639 g/mol. The lowest BCUT2D eigenvalue weighted by Crippen LogP contribution is -2.15. The van der Waals surface area contributed by atoms with Gasteiger partial charge in [-0.15, -0.1) is 23.7 Å². The van der Waals surface area contributed by atoms with Crippen molar-refractivity contribution in [3.63, 3.8) is 0 Å². The van der Waals surface area contributed by atoms with E-state index >= 15 is 0 Å². The molecule has 0 atom stereocenters. The predicted octanol–water partition coefficient (Wildman–Crippen LogP) is 9.10. The van der Waals surface area contributed by atoms with Crippen LogP contribution in [0.2, 0.25) is 0 Å². The second kappa shape index (κ2) is 12.1. The topological polar surface area (TPSA) is 77.2 Å². The van der Waals surface area contributed by atoms with Gasteiger partial charge in [-0.05, 0) is 68.3 Å². The van der Waals surface area contributed by atoms with Crippen LogP contribution in [-0.4, -0.2) is 25.6 Å². The Labute approximate surface area is 251 Å². The van der Waals surface area contributed by atoms with E-state index in [1.165, 1.54) is 11.3 Å². The van der Waals surface area contributed by atoms with E-state index in [1.807, 2.05) is 42.6 Å². The summed E-state index contributed by atoms with van der Waals surface area (Å²) in [6.45, 7) is 2.48. The van der Waals surface area contributed by atoms with Crippen molar-refractivity contribution in [2.45, 2.75) is 51.7 Å². The number of para-hydroxylation sites is 1. The molecule has 0 saturated heterocycles. The number of halogens is 2. The molecular formula is C31H29BrClN3O3S. The molecule has 6 nitrogen and oxygen atoms in total. The number of thiazole rings is 1. The zero-order valence-electron chi connectivity index (χ0n) is 22.0. The molecule has 2 aromatic heterocycles. The number of carboxylic acid groups (broad SMARTS) is 1. The zero-order chi connectivity index (χ0) is 26.9. The van der Waals surface area contributed by atoms with Gasteiger partial charge in [0.15, 0.2) is 0 Å². The van der Waals surface area contributed by atoms with E-state index in [-0.39, 0.29) is 18.4 Å².